The van der Waals surface area contributed by atoms with Crippen molar-refractivity contribution in [3.63, 3.8) is 0 Å². The Balaban J connectivity index is 1.88. The normalized spacial score (nSPS) is 12.2. The van der Waals surface area contributed by atoms with Gasteiger partial charge in [0.25, 0.3) is 0 Å². The van der Waals surface area contributed by atoms with Gasteiger partial charge in [-0.1, -0.05) is 6.07 Å². The molecule has 0 spiro atoms. The lowest BCUT2D eigenvalue weighted by Gasteiger charge is -2.14. The molecule has 0 aliphatic carbocycles. The molecular formula is C15H15F2NO2. The van der Waals surface area contributed by atoms with E-state index in [0.29, 0.717) is 12.0 Å². The van der Waals surface area contributed by atoms with E-state index in [4.69, 9.17) is 4.42 Å². The van der Waals surface area contributed by atoms with Crippen molar-refractivity contribution in [3.8, 4) is 0 Å². The molecule has 0 aliphatic rings. The molecule has 106 valence electrons. The van der Waals surface area contributed by atoms with Gasteiger partial charge in [-0.2, -0.15) is 0 Å². The third kappa shape index (κ3) is 3.66. The Kier molecular flexibility index (Phi) is 4.50. The summed E-state index contributed by atoms with van der Waals surface area (Å²) in [6.45, 7) is 1.72. The van der Waals surface area contributed by atoms with E-state index < -0.39 is 11.6 Å². The fourth-order valence-electron chi connectivity index (χ4n) is 1.87. The first-order chi connectivity index (χ1) is 9.56. The largest absolute Gasteiger partial charge is 0.469 e. The molecule has 0 unspecified atom stereocenters. The third-order valence-electron chi connectivity index (χ3n) is 3.00. The Labute approximate surface area is 115 Å². The quantitative estimate of drug-likeness (QED) is 0.911. The lowest BCUT2D eigenvalue weighted by atomic mass is 10.1. The van der Waals surface area contributed by atoms with Crippen LogP contribution in [0.1, 0.15) is 30.7 Å². The number of halogens is 2. The monoisotopic (exact) mass is 279 g/mol. The summed E-state index contributed by atoms with van der Waals surface area (Å²) < 4.78 is 31.1. The second-order valence-corrected chi connectivity index (χ2v) is 4.54. The number of amides is 1. The first-order valence-corrected chi connectivity index (χ1v) is 6.33. The molecule has 1 amide bonds. The summed E-state index contributed by atoms with van der Waals surface area (Å²) in [4.78, 5) is 11.8. The van der Waals surface area contributed by atoms with Crippen LogP contribution in [0.25, 0.3) is 0 Å². The first kappa shape index (κ1) is 14.2. The molecule has 1 aromatic heterocycles. The highest BCUT2D eigenvalue weighted by atomic mass is 19.2. The second kappa shape index (κ2) is 6.32. The summed E-state index contributed by atoms with van der Waals surface area (Å²) in [6, 6.07) is 6.77. The van der Waals surface area contributed by atoms with Gasteiger partial charge in [0.1, 0.15) is 5.76 Å². The Hall–Kier alpha value is -2.17. The van der Waals surface area contributed by atoms with Crippen molar-refractivity contribution in [1.82, 2.24) is 5.32 Å². The fourth-order valence-corrected chi connectivity index (χ4v) is 1.87. The number of carbonyl (C=O) groups excluding carboxylic acids is 1. The van der Waals surface area contributed by atoms with Crippen molar-refractivity contribution in [3.05, 3.63) is 59.6 Å². The number of carbonyl (C=O) groups is 1. The van der Waals surface area contributed by atoms with Gasteiger partial charge >= 0.3 is 0 Å². The molecule has 0 saturated carbocycles. The molecule has 2 aromatic rings. The third-order valence-corrected chi connectivity index (χ3v) is 3.00. The zero-order valence-electron chi connectivity index (χ0n) is 11.0. The molecule has 0 bridgehead atoms. The van der Waals surface area contributed by atoms with Crippen molar-refractivity contribution >= 4 is 5.91 Å². The highest BCUT2D eigenvalue weighted by molar-refractivity contribution is 5.76. The lowest BCUT2D eigenvalue weighted by Crippen LogP contribution is -2.26. The molecule has 0 aliphatic heterocycles. The molecule has 1 aromatic carbocycles. The number of aryl methyl sites for hydroxylation is 1. The van der Waals surface area contributed by atoms with Crippen LogP contribution >= 0.6 is 0 Å². The Morgan fingerprint density at radius 2 is 2.10 bits per heavy atom. The molecule has 5 heteroatoms. The molecule has 0 fully saturated rings. The molecule has 1 heterocycles. The number of furan rings is 1. The highest BCUT2D eigenvalue weighted by Crippen LogP contribution is 2.16. The minimum absolute atomic E-state index is 0.168. The number of hydrogen-bond acceptors (Lipinski definition) is 2. The van der Waals surface area contributed by atoms with Gasteiger partial charge in [-0.05, 0) is 36.8 Å². The van der Waals surface area contributed by atoms with Gasteiger partial charge < -0.3 is 9.73 Å². The summed E-state index contributed by atoms with van der Waals surface area (Å²) in [5, 5.41) is 2.74. The van der Waals surface area contributed by atoms with Gasteiger partial charge in [0, 0.05) is 12.8 Å². The van der Waals surface area contributed by atoms with Crippen molar-refractivity contribution in [1.29, 1.82) is 0 Å². The molecule has 1 atom stereocenters. The number of rotatable bonds is 5. The average Bonchev–Trinajstić information content (AvgIpc) is 2.92. The molecule has 0 saturated heterocycles. The van der Waals surface area contributed by atoms with Crippen LogP contribution in [0.2, 0.25) is 0 Å². The van der Waals surface area contributed by atoms with Crippen molar-refractivity contribution < 1.29 is 18.0 Å². The van der Waals surface area contributed by atoms with Gasteiger partial charge in [-0.25, -0.2) is 8.78 Å². The Bertz CT molecular complexity index is 582. The van der Waals surface area contributed by atoms with E-state index in [0.717, 1.165) is 17.9 Å². The van der Waals surface area contributed by atoms with Gasteiger partial charge in [-0.15, -0.1) is 0 Å². The van der Waals surface area contributed by atoms with E-state index in [1.54, 1.807) is 25.3 Å². The van der Waals surface area contributed by atoms with Crippen LogP contribution in [-0.2, 0) is 11.2 Å². The zero-order valence-corrected chi connectivity index (χ0v) is 11.0. The number of benzene rings is 1. The molecule has 2 rings (SSSR count). The SMILES string of the molecule is C[C@@H](NC(=O)CCc1ccco1)c1ccc(F)c(F)c1. The number of hydrogen-bond donors (Lipinski definition) is 1. The predicted molar refractivity (Wildman–Crippen MR) is 69.9 cm³/mol. The van der Waals surface area contributed by atoms with Crippen LogP contribution in [0.3, 0.4) is 0 Å². The smallest absolute Gasteiger partial charge is 0.220 e. The van der Waals surface area contributed by atoms with Crippen LogP contribution in [0, 0.1) is 11.6 Å². The van der Waals surface area contributed by atoms with Crippen molar-refractivity contribution in [2.45, 2.75) is 25.8 Å². The predicted octanol–water partition coefficient (Wildman–Crippen LogP) is 3.37. The van der Waals surface area contributed by atoms with E-state index in [1.807, 2.05) is 0 Å². The maximum atomic E-state index is 13.1. The van der Waals surface area contributed by atoms with Gasteiger partial charge in [-0.3, -0.25) is 4.79 Å². The van der Waals surface area contributed by atoms with Crippen molar-refractivity contribution in [2.75, 3.05) is 0 Å². The maximum absolute atomic E-state index is 13.1. The maximum Gasteiger partial charge on any atom is 0.220 e. The summed E-state index contributed by atoms with van der Waals surface area (Å²) in [5.74, 6) is -1.25. The summed E-state index contributed by atoms with van der Waals surface area (Å²) in [6.07, 6.45) is 2.34. The van der Waals surface area contributed by atoms with E-state index in [1.165, 1.54) is 6.07 Å². The van der Waals surface area contributed by atoms with E-state index in [9.17, 15) is 13.6 Å². The van der Waals surface area contributed by atoms with E-state index in [-0.39, 0.29) is 18.4 Å². The topological polar surface area (TPSA) is 42.2 Å². The molecule has 20 heavy (non-hydrogen) atoms. The minimum Gasteiger partial charge on any atom is -0.469 e. The van der Waals surface area contributed by atoms with Crippen LogP contribution in [0.4, 0.5) is 8.78 Å². The van der Waals surface area contributed by atoms with Crippen LogP contribution in [-0.4, -0.2) is 5.91 Å². The highest BCUT2D eigenvalue weighted by Gasteiger charge is 2.12. The average molecular weight is 279 g/mol. The van der Waals surface area contributed by atoms with Crippen LogP contribution in [0.5, 0.6) is 0 Å². The second-order valence-electron chi connectivity index (χ2n) is 4.54. The molecule has 3 nitrogen and oxygen atoms in total. The Morgan fingerprint density at radius 1 is 1.30 bits per heavy atom. The van der Waals surface area contributed by atoms with Crippen molar-refractivity contribution in [2.24, 2.45) is 0 Å². The standard InChI is InChI=1S/C15H15F2NO2/c1-10(11-4-6-13(16)14(17)9-11)18-15(19)7-5-12-3-2-8-20-12/h2-4,6,8-10H,5,7H2,1H3,(H,18,19)/t10-/m1/s1. The van der Waals surface area contributed by atoms with E-state index in [2.05, 4.69) is 5.32 Å². The number of nitrogens with one attached hydrogen (secondary N) is 1. The zero-order chi connectivity index (χ0) is 14.5. The summed E-state index contributed by atoms with van der Waals surface area (Å²) in [5.41, 5.74) is 0.523. The minimum atomic E-state index is -0.917. The van der Waals surface area contributed by atoms with Gasteiger partial charge in [0.15, 0.2) is 11.6 Å². The van der Waals surface area contributed by atoms with E-state index >= 15 is 0 Å². The lowest BCUT2D eigenvalue weighted by molar-refractivity contribution is -0.121. The van der Waals surface area contributed by atoms with Crippen LogP contribution in [0.15, 0.2) is 41.0 Å². The summed E-state index contributed by atoms with van der Waals surface area (Å²) in [7, 11) is 0. The first-order valence-electron chi connectivity index (χ1n) is 6.33. The van der Waals surface area contributed by atoms with Gasteiger partial charge in [0.2, 0.25) is 5.91 Å². The molecule has 1 N–H and O–H groups in total. The summed E-state index contributed by atoms with van der Waals surface area (Å²) >= 11 is 0. The molecular weight excluding hydrogens is 264 g/mol. The van der Waals surface area contributed by atoms with Gasteiger partial charge in [0.05, 0.1) is 12.3 Å². The Morgan fingerprint density at radius 3 is 2.75 bits per heavy atom. The van der Waals surface area contributed by atoms with Crippen LogP contribution < -0.4 is 5.32 Å². The fraction of sp³-hybridized carbons (Fsp3) is 0.267. The molecule has 0 radical (unpaired) electrons.